The lowest BCUT2D eigenvalue weighted by Crippen LogP contribution is -2.37. The number of aromatic nitrogens is 2. The maximum Gasteiger partial charge on any atom is 0.170 e. The van der Waals surface area contributed by atoms with Crippen LogP contribution in [0.5, 0.6) is 0 Å². The van der Waals surface area contributed by atoms with Crippen molar-refractivity contribution >= 4 is 33.9 Å². The molecule has 2 saturated heterocycles. The molecule has 26 heavy (non-hydrogen) atoms. The summed E-state index contributed by atoms with van der Waals surface area (Å²) in [5, 5.41) is 16.4. The number of rotatable bonds is 5. The number of piperidine rings is 1. The number of nitrogens with zero attached hydrogens (tertiary/aromatic N) is 2. The summed E-state index contributed by atoms with van der Waals surface area (Å²) >= 11 is 5.41. The number of hydrogen-bond donors (Lipinski definition) is 3. The maximum absolute atomic E-state index is 5.41. The number of fused-ring (bicyclic) bond motifs is 2. The zero-order valence-electron chi connectivity index (χ0n) is 15.6. The van der Waals surface area contributed by atoms with Crippen LogP contribution in [0.2, 0.25) is 0 Å². The van der Waals surface area contributed by atoms with Gasteiger partial charge in [0, 0.05) is 29.6 Å². The number of H-pyrrole nitrogens is 1. The largest absolute Gasteiger partial charge is 0.362 e. The normalized spacial score (nSPS) is 23.1. The van der Waals surface area contributed by atoms with E-state index in [0.717, 1.165) is 30.2 Å². The summed E-state index contributed by atoms with van der Waals surface area (Å²) in [6.07, 6.45) is 7.46. The van der Waals surface area contributed by atoms with Crippen molar-refractivity contribution in [3.63, 3.8) is 0 Å². The van der Waals surface area contributed by atoms with Crippen LogP contribution >= 0.6 is 12.2 Å². The Morgan fingerprint density at radius 3 is 3.15 bits per heavy atom. The maximum atomic E-state index is 5.41. The van der Waals surface area contributed by atoms with Gasteiger partial charge in [0.15, 0.2) is 5.11 Å². The van der Waals surface area contributed by atoms with Gasteiger partial charge in [-0.1, -0.05) is 13.3 Å². The molecule has 0 radical (unpaired) electrons. The number of hydrogen-bond acceptors (Lipinski definition) is 3. The second-order valence-corrected chi connectivity index (χ2v) is 8.07. The number of anilines is 1. The van der Waals surface area contributed by atoms with E-state index in [1.807, 2.05) is 0 Å². The molecule has 0 spiro atoms. The lowest BCUT2D eigenvalue weighted by atomic mass is 9.87. The van der Waals surface area contributed by atoms with Crippen molar-refractivity contribution in [1.29, 1.82) is 0 Å². The highest BCUT2D eigenvalue weighted by Gasteiger charge is 2.33. The minimum absolute atomic E-state index is 0.563. The third kappa shape index (κ3) is 3.71. The van der Waals surface area contributed by atoms with Crippen LogP contribution in [0.15, 0.2) is 18.2 Å². The van der Waals surface area contributed by atoms with Gasteiger partial charge in [-0.05, 0) is 75.6 Å². The van der Waals surface area contributed by atoms with Crippen molar-refractivity contribution in [2.45, 2.75) is 57.4 Å². The fourth-order valence-corrected chi connectivity index (χ4v) is 4.67. The lowest BCUT2D eigenvalue weighted by molar-refractivity contribution is 0.180. The molecule has 1 aromatic carbocycles. The molecule has 0 saturated carbocycles. The Hall–Kier alpha value is -1.66. The fraction of sp³-hybridized carbons (Fsp3) is 0.600. The molecule has 2 unspecified atom stereocenters. The molecule has 2 atom stereocenters. The molecule has 2 aromatic rings. The average molecular weight is 372 g/mol. The second kappa shape index (κ2) is 7.92. The van der Waals surface area contributed by atoms with Gasteiger partial charge in [0.05, 0.1) is 11.2 Å². The Balaban J connectivity index is 1.49. The third-order valence-electron chi connectivity index (χ3n) is 5.87. The number of unbranched alkanes of at least 4 members (excludes halogenated alkanes) is 1. The molecular weight excluding hydrogens is 342 g/mol. The molecule has 0 aliphatic carbocycles. The molecule has 1 aromatic heterocycles. The van der Waals surface area contributed by atoms with Gasteiger partial charge >= 0.3 is 0 Å². The van der Waals surface area contributed by atoms with Gasteiger partial charge in [-0.2, -0.15) is 5.10 Å². The van der Waals surface area contributed by atoms with E-state index in [2.05, 4.69) is 45.8 Å². The number of nitrogens with one attached hydrogen (secondary N) is 3. The van der Waals surface area contributed by atoms with E-state index in [1.54, 1.807) is 0 Å². The molecule has 0 amide bonds. The highest BCUT2D eigenvalue weighted by atomic mass is 32.1. The first-order valence-corrected chi connectivity index (χ1v) is 10.4. The summed E-state index contributed by atoms with van der Waals surface area (Å²) in [6, 6.07) is 7.13. The van der Waals surface area contributed by atoms with Crippen LogP contribution in [0, 0.1) is 0 Å². The summed E-state index contributed by atoms with van der Waals surface area (Å²) < 4.78 is 0. The molecule has 140 valence electrons. The Morgan fingerprint density at radius 2 is 2.27 bits per heavy atom. The van der Waals surface area contributed by atoms with Crippen LogP contribution in [0.3, 0.4) is 0 Å². The van der Waals surface area contributed by atoms with Gasteiger partial charge in [-0.15, -0.1) is 0 Å². The van der Waals surface area contributed by atoms with E-state index in [4.69, 9.17) is 17.3 Å². The first-order valence-electron chi connectivity index (χ1n) is 10.0. The van der Waals surface area contributed by atoms with Crippen molar-refractivity contribution in [2.75, 3.05) is 25.0 Å². The summed E-state index contributed by atoms with van der Waals surface area (Å²) in [5.74, 6) is 0.563. The molecule has 3 heterocycles. The Labute approximate surface area is 160 Å². The highest BCUT2D eigenvalue weighted by Crippen LogP contribution is 2.38. The van der Waals surface area contributed by atoms with E-state index in [-0.39, 0.29) is 0 Å². The van der Waals surface area contributed by atoms with Crippen molar-refractivity contribution in [3.8, 4) is 0 Å². The summed E-state index contributed by atoms with van der Waals surface area (Å²) in [6.45, 7) is 5.60. The molecule has 6 heteroatoms. The molecule has 2 aliphatic rings. The molecule has 5 nitrogen and oxygen atoms in total. The number of thiocarbonyl (C=S) groups is 1. The van der Waals surface area contributed by atoms with Gasteiger partial charge in [0.25, 0.3) is 0 Å². The SMILES string of the molecule is CCCCNC(=S)Nc1ccc2[nH]nc(C3CCN4CCCC4C3)c2c1. The molecular formula is C20H29N5S. The topological polar surface area (TPSA) is 56.0 Å². The van der Waals surface area contributed by atoms with Crippen molar-refractivity contribution < 1.29 is 0 Å². The summed E-state index contributed by atoms with van der Waals surface area (Å²) in [4.78, 5) is 2.67. The van der Waals surface area contributed by atoms with Crippen LogP contribution in [-0.4, -0.2) is 45.9 Å². The lowest BCUT2D eigenvalue weighted by Gasteiger charge is -2.34. The summed E-state index contributed by atoms with van der Waals surface area (Å²) in [5.41, 5.74) is 3.39. The zero-order chi connectivity index (χ0) is 17.9. The van der Waals surface area contributed by atoms with Crippen molar-refractivity contribution in [3.05, 3.63) is 23.9 Å². The van der Waals surface area contributed by atoms with Gasteiger partial charge in [0.2, 0.25) is 0 Å². The van der Waals surface area contributed by atoms with Crippen molar-refractivity contribution in [2.24, 2.45) is 0 Å². The van der Waals surface area contributed by atoms with Crippen LogP contribution in [0.1, 0.15) is 57.1 Å². The predicted molar refractivity (Wildman–Crippen MR) is 112 cm³/mol. The molecule has 3 N–H and O–H groups in total. The van der Waals surface area contributed by atoms with Gasteiger partial charge in [-0.3, -0.25) is 5.10 Å². The standard InChI is InChI=1S/C20H29N5S/c1-2-3-9-21-20(26)22-15-6-7-18-17(13-15)19(24-23-18)14-8-11-25-10-4-5-16(25)12-14/h6-7,13-14,16H,2-5,8-12H2,1H3,(H,23,24)(H2,21,22,26). The first kappa shape index (κ1) is 17.7. The third-order valence-corrected chi connectivity index (χ3v) is 6.12. The van der Waals surface area contributed by atoms with E-state index in [1.165, 1.54) is 56.3 Å². The quantitative estimate of drug-likeness (QED) is 0.548. The molecule has 4 rings (SSSR count). The minimum Gasteiger partial charge on any atom is -0.362 e. The monoisotopic (exact) mass is 371 g/mol. The Morgan fingerprint density at radius 1 is 1.35 bits per heavy atom. The minimum atomic E-state index is 0.563. The van der Waals surface area contributed by atoms with E-state index in [9.17, 15) is 0 Å². The molecule has 2 aliphatic heterocycles. The van der Waals surface area contributed by atoms with E-state index < -0.39 is 0 Å². The Kier molecular flexibility index (Phi) is 5.41. The van der Waals surface area contributed by atoms with Crippen LogP contribution in [0.4, 0.5) is 5.69 Å². The van der Waals surface area contributed by atoms with Gasteiger partial charge in [0.1, 0.15) is 0 Å². The van der Waals surface area contributed by atoms with Crippen molar-refractivity contribution in [1.82, 2.24) is 20.4 Å². The zero-order valence-corrected chi connectivity index (χ0v) is 16.4. The van der Waals surface area contributed by atoms with E-state index in [0.29, 0.717) is 11.0 Å². The fourth-order valence-electron chi connectivity index (χ4n) is 4.45. The first-order chi connectivity index (χ1) is 12.7. The number of benzene rings is 1. The second-order valence-electron chi connectivity index (χ2n) is 7.66. The van der Waals surface area contributed by atoms with Crippen LogP contribution < -0.4 is 10.6 Å². The molecule has 0 bridgehead atoms. The van der Waals surface area contributed by atoms with E-state index >= 15 is 0 Å². The van der Waals surface area contributed by atoms with Gasteiger partial charge in [-0.25, -0.2) is 0 Å². The van der Waals surface area contributed by atoms with Crippen LogP contribution in [-0.2, 0) is 0 Å². The molecule has 2 fully saturated rings. The Bertz CT molecular complexity index is 771. The highest BCUT2D eigenvalue weighted by molar-refractivity contribution is 7.80. The smallest absolute Gasteiger partial charge is 0.170 e. The average Bonchev–Trinajstić information content (AvgIpc) is 3.27. The summed E-state index contributed by atoms with van der Waals surface area (Å²) in [7, 11) is 0. The predicted octanol–water partition coefficient (Wildman–Crippen LogP) is 3.99. The van der Waals surface area contributed by atoms with Gasteiger partial charge < -0.3 is 15.5 Å². The van der Waals surface area contributed by atoms with Crippen LogP contribution in [0.25, 0.3) is 10.9 Å². The number of aromatic amines is 1.